The van der Waals surface area contributed by atoms with Crippen molar-refractivity contribution in [2.24, 2.45) is 5.73 Å². The number of fused-ring (bicyclic) bond motifs is 5. The molecule has 2 fully saturated rings. The summed E-state index contributed by atoms with van der Waals surface area (Å²) in [5, 5.41) is 39.1. The molecule has 15 aromatic rings. The first-order chi connectivity index (χ1) is 64.5. The van der Waals surface area contributed by atoms with Crippen LogP contribution in [0.1, 0.15) is 193 Å². The van der Waals surface area contributed by atoms with Crippen molar-refractivity contribution < 1.29 is 103 Å². The van der Waals surface area contributed by atoms with Gasteiger partial charge in [-0.2, -0.15) is 0 Å². The third kappa shape index (κ3) is 29.8. The van der Waals surface area contributed by atoms with Gasteiger partial charge in [0.1, 0.15) is 44.6 Å². The Morgan fingerprint density at radius 3 is 1.11 bits per heavy atom. The Kier molecular flexibility index (Phi) is 43.8. The van der Waals surface area contributed by atoms with Crippen LogP contribution in [0.3, 0.4) is 0 Å². The average molecular weight is 2260 g/mol. The van der Waals surface area contributed by atoms with E-state index in [1.165, 1.54) is 52.8 Å². The molecule has 0 radical (unpaired) electrons. The van der Waals surface area contributed by atoms with Crippen molar-refractivity contribution in [1.82, 2.24) is 46.9 Å². The Bertz CT molecular complexity index is 7010. The summed E-state index contributed by atoms with van der Waals surface area (Å²) in [6.07, 6.45) is 23.1. The molecule has 708 valence electrons. The molecule has 0 aliphatic heterocycles. The molecule has 31 nitrogen and oxygen atoms in total. The first-order valence-corrected chi connectivity index (χ1v) is 46.8. The first kappa shape index (κ1) is 111. The van der Waals surface area contributed by atoms with Crippen LogP contribution in [0.2, 0.25) is 0 Å². The minimum Gasteiger partial charge on any atom is -0.870 e. The topological polar surface area (TPSA) is 448 Å². The zero-order chi connectivity index (χ0) is 96.2. The van der Waals surface area contributed by atoms with Crippen LogP contribution in [0, 0.1) is 0 Å². The second-order valence-corrected chi connectivity index (χ2v) is 35.4. The molecular formula is C99H94Br6N11NaO20. The fraction of sp³-hybridized carbons (Fsp3) is 0.232. The summed E-state index contributed by atoms with van der Waals surface area (Å²) >= 11 is 19.8. The second kappa shape index (κ2) is 54.1. The molecule has 38 heteroatoms. The number of pyridine rings is 15. The Hall–Kier alpha value is -11.4. The van der Waals surface area contributed by atoms with Gasteiger partial charge in [0.2, 0.25) is 0 Å². The van der Waals surface area contributed by atoms with Gasteiger partial charge >= 0.3 is 59.4 Å². The fourth-order valence-corrected chi connectivity index (χ4v) is 15.8. The summed E-state index contributed by atoms with van der Waals surface area (Å²) in [5.74, 6) is -3.96. The summed E-state index contributed by atoms with van der Waals surface area (Å²) in [6.45, 7) is 5.58. The van der Waals surface area contributed by atoms with E-state index in [1.54, 1.807) is 161 Å². The van der Waals surface area contributed by atoms with E-state index in [1.807, 2.05) is 78.9 Å². The van der Waals surface area contributed by atoms with Gasteiger partial charge in [-0.25, -0.2) is 29.0 Å². The van der Waals surface area contributed by atoms with Crippen molar-refractivity contribution in [1.29, 1.82) is 0 Å². The van der Waals surface area contributed by atoms with Gasteiger partial charge in [-0.3, -0.25) is 70.7 Å². The van der Waals surface area contributed by atoms with E-state index in [4.69, 9.17) is 29.8 Å². The van der Waals surface area contributed by atoms with Crippen molar-refractivity contribution in [3.63, 3.8) is 0 Å². The van der Waals surface area contributed by atoms with Crippen LogP contribution in [0.15, 0.2) is 295 Å². The van der Waals surface area contributed by atoms with Gasteiger partial charge in [0.25, 0.3) is 27.8 Å². The maximum absolute atomic E-state index is 12.9. The summed E-state index contributed by atoms with van der Waals surface area (Å²) in [6, 6.07) is 52.3. The van der Waals surface area contributed by atoms with E-state index >= 15 is 0 Å². The molecular weight excluding hydrogens is 2170 g/mol. The van der Waals surface area contributed by atoms with Gasteiger partial charge in [-0.05, 0) is 317 Å². The van der Waals surface area contributed by atoms with Crippen LogP contribution in [0.4, 0.5) is 0 Å². The number of carbonyl (C=O) groups excluding carboxylic acids is 5. The first-order valence-electron chi connectivity index (χ1n) is 42.1. The molecule has 15 heterocycles. The molecule has 7 N–H and O–H groups in total. The molecule has 0 bridgehead atoms. The Morgan fingerprint density at radius 1 is 0.423 bits per heavy atom. The van der Waals surface area contributed by atoms with E-state index in [9.17, 15) is 68.1 Å². The van der Waals surface area contributed by atoms with E-state index in [0.29, 0.717) is 66.2 Å². The number of ether oxygens (including phenoxy) is 4. The number of carboxylic acid groups (broad SMARTS) is 1. The van der Waals surface area contributed by atoms with Crippen LogP contribution < -0.4 is 63.1 Å². The number of esters is 4. The number of halogens is 6. The van der Waals surface area contributed by atoms with Crippen molar-refractivity contribution in [2.75, 3.05) is 19.8 Å². The monoisotopic (exact) mass is 2250 g/mol. The summed E-state index contributed by atoms with van der Waals surface area (Å²) in [7, 11) is 0. The molecule has 0 amide bonds. The second-order valence-electron chi connectivity index (χ2n) is 30.0. The number of nitrogens with zero attached hydrogens (tertiary/aromatic N) is 10. The van der Waals surface area contributed by atoms with Crippen molar-refractivity contribution in [3.8, 4) is 0 Å². The van der Waals surface area contributed by atoms with Gasteiger partial charge in [0.15, 0.2) is 6.29 Å². The largest absolute Gasteiger partial charge is 1.00 e. The molecule has 0 spiro atoms. The number of aldehydes is 1. The number of aliphatic hydroxyl groups excluding tert-OH is 3. The van der Waals surface area contributed by atoms with Crippen molar-refractivity contribution >= 4 is 159 Å². The predicted molar refractivity (Wildman–Crippen MR) is 533 cm³/mol. The van der Waals surface area contributed by atoms with E-state index in [0.717, 1.165) is 104 Å². The fourth-order valence-electron chi connectivity index (χ4n) is 14.4. The van der Waals surface area contributed by atoms with Crippen LogP contribution in [-0.4, -0.2) is 153 Å². The Morgan fingerprint density at radius 2 is 0.759 bits per heavy atom. The molecule has 2 aliphatic carbocycles. The minimum atomic E-state index is -1.23. The Balaban J connectivity index is 0.000000202. The predicted octanol–water partition coefficient (Wildman–Crippen LogP) is 13.8. The van der Waals surface area contributed by atoms with Gasteiger partial charge in [-0.1, -0.05) is 57.0 Å². The maximum atomic E-state index is 12.9. The van der Waals surface area contributed by atoms with E-state index < -0.39 is 70.4 Å². The van der Waals surface area contributed by atoms with E-state index in [2.05, 4.69) is 120 Å². The third-order valence-electron chi connectivity index (χ3n) is 20.9. The zero-order valence-electron chi connectivity index (χ0n) is 73.6. The quantitative estimate of drug-likeness (QED) is 0.0175. The van der Waals surface area contributed by atoms with Crippen LogP contribution in [0.5, 0.6) is 0 Å². The van der Waals surface area contributed by atoms with Crippen molar-refractivity contribution in [3.05, 3.63) is 401 Å². The minimum absolute atomic E-state index is 0. The zero-order valence-corrected chi connectivity index (χ0v) is 85.2. The Labute approximate surface area is 857 Å². The van der Waals surface area contributed by atoms with Gasteiger partial charge in [0.05, 0.1) is 65.3 Å². The number of carboxylic acids is 1. The molecule has 0 aromatic carbocycles. The van der Waals surface area contributed by atoms with Crippen molar-refractivity contribution in [2.45, 2.75) is 129 Å². The summed E-state index contributed by atoms with van der Waals surface area (Å²) in [5.41, 5.74) is 11.7. The number of hydrogen-bond donors (Lipinski definition) is 5. The normalized spacial score (nSPS) is 14.1. The number of hydrogen-bond acceptors (Lipinski definition) is 25. The molecule has 2 saturated carbocycles. The van der Waals surface area contributed by atoms with Crippen LogP contribution in [0.25, 0.3) is 27.6 Å². The number of carbonyl (C=O) groups is 6. The molecule has 1 unspecified atom stereocenters. The third-order valence-corrected chi connectivity index (χ3v) is 23.8. The number of aliphatic hydroxyl groups is 3. The number of rotatable bonds is 18. The molecule has 0 saturated heterocycles. The van der Waals surface area contributed by atoms with Gasteiger partial charge in [0, 0.05) is 138 Å². The molecule has 15 aromatic heterocycles. The average Bonchev–Trinajstić information content (AvgIpc) is 0.803. The molecule has 2 aliphatic rings. The SMILES string of the molecule is Brc1ccc(Br)nc1.C.CCOC(=O)c1cc(C(O)c2ccc(Br)cn2)c2ccccn2c1=O.CCOC(=O)c1cc(C=O)c2ccccn2c1=O.CCOC(=O)c1cc(Cc2ccc(Br)cn2)c2ccccn2c1=O.N[C@H]1CCCC[C@@H]1O.O=C(O)c1cc(Cc2ccc(Br)cn2)c2ccccn2c1=O.O=C(O[C@H]1CCCC[C@@H]1O)c1cc(Cc2ccc(Br)cn2)c2ccccn2c1=O.[Na+].[OH-]. The van der Waals surface area contributed by atoms with Gasteiger partial charge < -0.3 is 50.6 Å². The summed E-state index contributed by atoms with van der Waals surface area (Å²) < 4.78 is 32.4. The smallest absolute Gasteiger partial charge is 0.870 e. The van der Waals surface area contributed by atoms with E-state index in [-0.39, 0.29) is 113 Å². The molecule has 5 atom stereocenters. The molecule has 137 heavy (non-hydrogen) atoms. The number of aromatic carboxylic acids is 1. The van der Waals surface area contributed by atoms with Crippen LogP contribution in [-0.2, 0) is 38.2 Å². The summed E-state index contributed by atoms with van der Waals surface area (Å²) in [4.78, 5) is 154. The number of aromatic nitrogens is 10. The maximum Gasteiger partial charge on any atom is 1.00 e. The van der Waals surface area contributed by atoms with Gasteiger partial charge in [-0.15, -0.1) is 0 Å². The standard InChI is InChI=1S/C22H21BrN2O4.C18H15BrN2O4.C18H15BrN2O3.C16H11BrN2O3.C13H11NO4.C6H13NO.C5H3Br2N.CH4.Na.H2O/c23-15-8-9-16(24-13-15)11-14-12-17(21(27)25-10-4-3-5-18(14)25)22(28)29-20-7-2-1-6-19(20)26;1-2-25-18(24)13-9-12(15-5-3-4-8-21(15)17(13)23)16(22)14-7-6-11(19)10-20-14;1-2-24-18(23)15-10-12(9-14-7-6-13(19)11-20-14)16-5-3-4-8-21(16)17(15)22;17-11-4-5-12(18-9-11)7-10-8-13(16(21)22)15(20)19-6-2-1-3-14(10)19;1-2-18-13(17)10-7-9(8-15)11-5-3-4-6-14(11)12(10)16;7-5-3-1-2-4-6(5)8;6-4-1-2-5(7)8-3-4;;;/h3-5,8-10,12-13,19-20,26H,1-2,6-7,11H2;3-10,16,22H,2H2,1H3;3-8,10-11H,2,9H2,1H3;1-6,8-9H,7H2,(H,21,22);3-8H,2H2,1H3;5-6,8H,1-4,7H2;1-3H;1H4;;1H2/q;;;;;;;;+1;/p-1/t19-,20-;;;;;5-,6-;;;;/m0....0..../s1. The van der Waals surface area contributed by atoms with Crippen LogP contribution >= 0.6 is 95.6 Å². The molecule has 17 rings (SSSR count). The number of nitrogens with two attached hydrogens (primary N) is 1.